The molecule has 3 heteroatoms. The maximum atomic E-state index is 11.9. The van der Waals surface area contributed by atoms with Gasteiger partial charge in [-0.1, -0.05) is 36.3 Å². The summed E-state index contributed by atoms with van der Waals surface area (Å²) < 4.78 is 0. The zero-order valence-electron chi connectivity index (χ0n) is 18.3. The number of fused-ring (bicyclic) bond motifs is 5. The lowest BCUT2D eigenvalue weighted by atomic mass is 9.51. The fourth-order valence-corrected chi connectivity index (χ4v) is 7.95. The summed E-state index contributed by atoms with van der Waals surface area (Å²) in [5, 5.41) is 0. The van der Waals surface area contributed by atoms with E-state index >= 15 is 0 Å². The molecular formula is C28H32N2O. The summed E-state index contributed by atoms with van der Waals surface area (Å²) in [5.41, 5.74) is 5.79. The Labute approximate surface area is 185 Å². The van der Waals surface area contributed by atoms with Crippen LogP contribution in [0.2, 0.25) is 0 Å². The molecule has 1 aromatic heterocycles. The second kappa shape index (κ2) is 7.69. The summed E-state index contributed by atoms with van der Waals surface area (Å²) in [6.07, 6.45) is 20.0. The number of allylic oxidation sites excluding steroid dienone is 1. The number of carbonyl (C=O) groups excluding carboxylic acids is 1. The van der Waals surface area contributed by atoms with Gasteiger partial charge in [0.1, 0.15) is 6.33 Å². The van der Waals surface area contributed by atoms with Gasteiger partial charge in [-0.3, -0.25) is 4.79 Å². The largest absolute Gasteiger partial charge is 0.295 e. The number of benzene rings is 1. The molecule has 3 saturated carbocycles. The van der Waals surface area contributed by atoms with Crippen molar-refractivity contribution in [2.75, 3.05) is 0 Å². The van der Waals surface area contributed by atoms with Crippen LogP contribution in [-0.4, -0.2) is 15.8 Å². The average molecular weight is 413 g/mol. The molecule has 0 radical (unpaired) electrons. The number of rotatable bonds is 3. The van der Waals surface area contributed by atoms with Crippen molar-refractivity contribution in [2.24, 2.45) is 29.1 Å². The van der Waals surface area contributed by atoms with Gasteiger partial charge in [0.2, 0.25) is 0 Å². The normalized spacial score (nSPS) is 34.5. The highest BCUT2D eigenvalue weighted by atomic mass is 16.1. The Morgan fingerprint density at radius 3 is 2.55 bits per heavy atom. The molecule has 0 N–H and O–H groups in total. The van der Waals surface area contributed by atoms with Crippen LogP contribution >= 0.6 is 0 Å². The van der Waals surface area contributed by atoms with Crippen LogP contribution in [0.25, 0.3) is 11.1 Å². The molecule has 31 heavy (non-hydrogen) atoms. The highest BCUT2D eigenvalue weighted by Crippen LogP contribution is 2.62. The molecule has 2 aromatic rings. The number of hydrogen-bond donors (Lipinski definition) is 0. The van der Waals surface area contributed by atoms with Crippen molar-refractivity contribution < 1.29 is 4.79 Å². The highest BCUT2D eigenvalue weighted by Gasteiger charge is 2.54. The van der Waals surface area contributed by atoms with Crippen molar-refractivity contribution >= 4 is 5.78 Å². The fourth-order valence-electron chi connectivity index (χ4n) is 7.95. The molecule has 6 rings (SSSR count). The van der Waals surface area contributed by atoms with E-state index in [0.29, 0.717) is 17.1 Å². The third kappa shape index (κ3) is 3.37. The molecule has 4 aliphatic carbocycles. The number of nitrogens with zero attached hydrogens (tertiary/aromatic N) is 2. The molecule has 0 aliphatic heterocycles. The second-order valence-corrected chi connectivity index (χ2v) is 10.6. The first-order chi connectivity index (χ1) is 15.2. The van der Waals surface area contributed by atoms with Crippen molar-refractivity contribution in [1.82, 2.24) is 9.97 Å². The summed E-state index contributed by atoms with van der Waals surface area (Å²) in [6.45, 7) is 0. The Bertz CT molecular complexity index is 995. The third-order valence-electron chi connectivity index (χ3n) is 9.23. The van der Waals surface area contributed by atoms with E-state index in [4.69, 9.17) is 0 Å². The SMILES string of the molecule is O=C1C=C2CC[C@@H]3[C@H](CC[C@]4(Cc5ccc(-c6cncnc6)cc5)CCC[C@@H]34)[C@H]2CC1. The monoisotopic (exact) mass is 412 g/mol. The Hall–Kier alpha value is -2.29. The molecule has 3 nitrogen and oxygen atoms in total. The summed E-state index contributed by atoms with van der Waals surface area (Å²) in [7, 11) is 0. The Morgan fingerprint density at radius 1 is 0.871 bits per heavy atom. The van der Waals surface area contributed by atoms with E-state index in [2.05, 4.69) is 34.2 Å². The van der Waals surface area contributed by atoms with E-state index in [1.807, 2.05) is 18.5 Å². The molecule has 0 saturated heterocycles. The lowest BCUT2D eigenvalue weighted by Crippen LogP contribution is -2.46. The summed E-state index contributed by atoms with van der Waals surface area (Å²) in [5.74, 6) is 3.69. The van der Waals surface area contributed by atoms with Gasteiger partial charge in [0.25, 0.3) is 0 Å². The van der Waals surface area contributed by atoms with Gasteiger partial charge in [-0.2, -0.15) is 0 Å². The predicted molar refractivity (Wildman–Crippen MR) is 122 cm³/mol. The molecule has 160 valence electrons. The number of hydrogen-bond acceptors (Lipinski definition) is 3. The van der Waals surface area contributed by atoms with Crippen LogP contribution < -0.4 is 0 Å². The van der Waals surface area contributed by atoms with Crippen LogP contribution in [0.4, 0.5) is 0 Å². The van der Waals surface area contributed by atoms with Crippen LogP contribution in [0.15, 0.2) is 54.6 Å². The molecule has 0 unspecified atom stereocenters. The van der Waals surface area contributed by atoms with Gasteiger partial charge in [0, 0.05) is 24.4 Å². The zero-order valence-corrected chi connectivity index (χ0v) is 18.3. The van der Waals surface area contributed by atoms with E-state index in [0.717, 1.165) is 36.2 Å². The van der Waals surface area contributed by atoms with Crippen molar-refractivity contribution in [3.63, 3.8) is 0 Å². The van der Waals surface area contributed by atoms with Gasteiger partial charge in [-0.25, -0.2) is 9.97 Å². The molecule has 4 aliphatic rings. The maximum absolute atomic E-state index is 11.9. The van der Waals surface area contributed by atoms with Gasteiger partial charge < -0.3 is 0 Å². The smallest absolute Gasteiger partial charge is 0.155 e. The van der Waals surface area contributed by atoms with Crippen molar-refractivity contribution in [2.45, 2.75) is 64.2 Å². The molecular weight excluding hydrogens is 380 g/mol. The first-order valence-corrected chi connectivity index (χ1v) is 12.3. The Balaban J connectivity index is 1.23. The molecule has 1 aromatic carbocycles. The van der Waals surface area contributed by atoms with Crippen molar-refractivity contribution in [1.29, 1.82) is 0 Å². The number of ketones is 1. The molecule has 1 heterocycles. The summed E-state index contributed by atoms with van der Waals surface area (Å²) in [4.78, 5) is 20.3. The minimum Gasteiger partial charge on any atom is -0.295 e. The van der Waals surface area contributed by atoms with Gasteiger partial charge >= 0.3 is 0 Å². The van der Waals surface area contributed by atoms with Crippen LogP contribution in [0.1, 0.15) is 63.4 Å². The van der Waals surface area contributed by atoms with E-state index in [1.54, 1.807) is 6.33 Å². The van der Waals surface area contributed by atoms with Gasteiger partial charge in [0.05, 0.1) is 0 Å². The summed E-state index contributed by atoms with van der Waals surface area (Å²) >= 11 is 0. The highest BCUT2D eigenvalue weighted by molar-refractivity contribution is 5.91. The van der Waals surface area contributed by atoms with Crippen LogP contribution in [0.5, 0.6) is 0 Å². The molecule has 0 amide bonds. The lowest BCUT2D eigenvalue weighted by molar-refractivity contribution is -0.116. The average Bonchev–Trinajstić information content (AvgIpc) is 3.23. The van der Waals surface area contributed by atoms with Crippen molar-refractivity contribution in [3.8, 4) is 11.1 Å². The topological polar surface area (TPSA) is 42.9 Å². The molecule has 3 fully saturated rings. The van der Waals surface area contributed by atoms with E-state index in [9.17, 15) is 4.79 Å². The van der Waals surface area contributed by atoms with Crippen LogP contribution in [0, 0.1) is 29.1 Å². The van der Waals surface area contributed by atoms with E-state index in [1.165, 1.54) is 68.1 Å². The first kappa shape index (κ1) is 19.4. The molecule has 0 spiro atoms. The third-order valence-corrected chi connectivity index (χ3v) is 9.23. The minimum atomic E-state index is 0.376. The lowest BCUT2D eigenvalue weighted by Gasteiger charge is -2.54. The van der Waals surface area contributed by atoms with E-state index < -0.39 is 0 Å². The fraction of sp³-hybridized carbons (Fsp3) is 0.536. The quantitative estimate of drug-likeness (QED) is 0.603. The maximum Gasteiger partial charge on any atom is 0.155 e. The van der Waals surface area contributed by atoms with Crippen LogP contribution in [0.3, 0.4) is 0 Å². The van der Waals surface area contributed by atoms with Crippen molar-refractivity contribution in [3.05, 3.63) is 60.2 Å². The minimum absolute atomic E-state index is 0.376. The Morgan fingerprint density at radius 2 is 1.71 bits per heavy atom. The standard InChI is InChI=1S/C28H32N2O/c31-23-8-10-24-21(14-23)7-9-26-25(24)11-13-28(12-1-2-27(26)28)15-19-3-5-20(6-4-19)22-16-29-18-30-17-22/h3-6,14,16-18,24-27H,1-2,7-13,15H2/t24-,25+,26+,27-,28-/m0/s1. The van der Waals surface area contributed by atoms with Gasteiger partial charge in [-0.15, -0.1) is 0 Å². The van der Waals surface area contributed by atoms with Crippen LogP contribution in [-0.2, 0) is 11.2 Å². The Kier molecular flexibility index (Phi) is 4.81. The molecule has 0 bridgehead atoms. The predicted octanol–water partition coefficient (Wildman–Crippen LogP) is 6.20. The number of aromatic nitrogens is 2. The summed E-state index contributed by atoms with van der Waals surface area (Å²) in [6, 6.07) is 9.17. The second-order valence-electron chi connectivity index (χ2n) is 10.6. The molecule has 5 atom stereocenters. The van der Waals surface area contributed by atoms with Gasteiger partial charge in [0.15, 0.2) is 5.78 Å². The zero-order chi connectivity index (χ0) is 20.8. The number of carbonyl (C=O) groups is 1. The van der Waals surface area contributed by atoms with E-state index in [-0.39, 0.29) is 0 Å². The van der Waals surface area contributed by atoms with Gasteiger partial charge in [-0.05, 0) is 97.7 Å². The first-order valence-electron chi connectivity index (χ1n) is 12.3.